The van der Waals surface area contributed by atoms with Crippen molar-refractivity contribution < 1.29 is 12.9 Å². The van der Waals surface area contributed by atoms with Gasteiger partial charge >= 0.3 is 0 Å². The minimum absolute atomic E-state index is 0.0762. The van der Waals surface area contributed by atoms with Crippen LogP contribution in [0.5, 0.6) is 0 Å². The van der Waals surface area contributed by atoms with Crippen molar-refractivity contribution in [3.63, 3.8) is 0 Å². The third-order valence-electron chi connectivity index (χ3n) is 1.93. The maximum Gasteiger partial charge on any atom is 0.244 e. The lowest BCUT2D eigenvalue weighted by atomic mass is 10.4. The first kappa shape index (κ1) is 11.5. The molecule has 2 heterocycles. The topological polar surface area (TPSA) is 124 Å². The van der Waals surface area contributed by atoms with Gasteiger partial charge in [-0.15, -0.1) is 0 Å². The number of nitrogens with one attached hydrogen (secondary N) is 1. The van der Waals surface area contributed by atoms with Crippen LogP contribution in [0.3, 0.4) is 0 Å². The Bertz CT molecular complexity index is 595. The molecule has 0 aliphatic heterocycles. The molecule has 2 rings (SSSR count). The monoisotopic (exact) mass is 255 g/mol. The van der Waals surface area contributed by atoms with Crippen LogP contribution in [-0.4, -0.2) is 23.5 Å². The van der Waals surface area contributed by atoms with Crippen molar-refractivity contribution in [3.8, 4) is 0 Å². The van der Waals surface area contributed by atoms with Crippen LogP contribution in [0.25, 0.3) is 0 Å². The summed E-state index contributed by atoms with van der Waals surface area (Å²) in [6.07, 6.45) is 3.70. The van der Waals surface area contributed by atoms with Crippen LogP contribution in [-0.2, 0) is 16.6 Å². The first-order valence-electron chi connectivity index (χ1n) is 4.54. The van der Waals surface area contributed by atoms with Crippen LogP contribution in [0.1, 0.15) is 5.82 Å². The number of nitrogen functional groups attached to an aromatic ring is 1. The van der Waals surface area contributed by atoms with Crippen molar-refractivity contribution in [3.05, 3.63) is 30.7 Å². The van der Waals surface area contributed by atoms with Crippen LogP contribution in [0.2, 0.25) is 0 Å². The van der Waals surface area contributed by atoms with Crippen LogP contribution in [0, 0.1) is 0 Å². The molecule has 9 heteroatoms. The Balaban J connectivity index is 2.17. The van der Waals surface area contributed by atoms with Gasteiger partial charge in [0.2, 0.25) is 16.4 Å². The molecule has 2 aromatic heterocycles. The average molecular weight is 255 g/mol. The van der Waals surface area contributed by atoms with Gasteiger partial charge in [0, 0.05) is 12.4 Å². The van der Waals surface area contributed by atoms with E-state index >= 15 is 0 Å². The lowest BCUT2D eigenvalue weighted by Gasteiger charge is -2.06. The summed E-state index contributed by atoms with van der Waals surface area (Å²) in [5.41, 5.74) is 5.67. The molecule has 0 saturated carbocycles. The van der Waals surface area contributed by atoms with Crippen molar-refractivity contribution in [2.24, 2.45) is 0 Å². The first-order chi connectivity index (χ1) is 8.09. The highest BCUT2D eigenvalue weighted by Gasteiger charge is 2.17. The fourth-order valence-electron chi connectivity index (χ4n) is 1.12. The number of pyridine rings is 1. The van der Waals surface area contributed by atoms with Gasteiger partial charge in [0.15, 0.2) is 5.82 Å². The number of anilines is 1. The molecule has 90 valence electrons. The van der Waals surface area contributed by atoms with E-state index in [1.807, 2.05) is 0 Å². The molecule has 0 amide bonds. The summed E-state index contributed by atoms with van der Waals surface area (Å²) < 4.78 is 30.4. The smallest absolute Gasteiger partial charge is 0.244 e. The van der Waals surface area contributed by atoms with Gasteiger partial charge < -0.3 is 10.3 Å². The van der Waals surface area contributed by atoms with Gasteiger partial charge in [-0.1, -0.05) is 5.16 Å². The highest BCUT2D eigenvalue weighted by atomic mass is 32.2. The van der Waals surface area contributed by atoms with E-state index in [4.69, 9.17) is 5.73 Å². The summed E-state index contributed by atoms with van der Waals surface area (Å²) in [6.45, 7) is -0.0762. The Morgan fingerprint density at radius 3 is 2.94 bits per heavy atom. The van der Waals surface area contributed by atoms with Crippen LogP contribution >= 0.6 is 0 Å². The van der Waals surface area contributed by atoms with E-state index in [2.05, 4.69) is 24.4 Å². The zero-order valence-corrected chi connectivity index (χ0v) is 9.38. The number of nitrogens with two attached hydrogens (primary N) is 1. The standard InChI is InChI=1S/C8H9N5O3S/c9-6-1-2-10-3-7(6)17(14,15)12-4-8-11-5-16-13-8/h1-3,5,12H,4H2,(H2,9,10). The summed E-state index contributed by atoms with van der Waals surface area (Å²) in [7, 11) is -3.73. The van der Waals surface area contributed by atoms with E-state index in [0.717, 1.165) is 6.39 Å². The van der Waals surface area contributed by atoms with Gasteiger partial charge in [-0.2, -0.15) is 4.98 Å². The summed E-state index contributed by atoms with van der Waals surface area (Å²) in [5.74, 6) is 0.232. The second kappa shape index (κ2) is 4.47. The van der Waals surface area contributed by atoms with Gasteiger partial charge in [0.1, 0.15) is 4.90 Å². The molecular weight excluding hydrogens is 246 g/mol. The lowest BCUT2D eigenvalue weighted by molar-refractivity contribution is 0.409. The molecule has 0 spiro atoms. The second-order valence-corrected chi connectivity index (χ2v) is 4.82. The number of hydrogen-bond acceptors (Lipinski definition) is 7. The third kappa shape index (κ3) is 2.57. The first-order valence-corrected chi connectivity index (χ1v) is 6.02. The molecule has 0 atom stereocenters. The maximum atomic E-state index is 11.8. The highest BCUT2D eigenvalue weighted by molar-refractivity contribution is 7.89. The van der Waals surface area contributed by atoms with Gasteiger partial charge in [0.25, 0.3) is 0 Å². The van der Waals surface area contributed by atoms with Gasteiger partial charge in [0.05, 0.1) is 12.2 Å². The lowest BCUT2D eigenvalue weighted by Crippen LogP contribution is -2.24. The largest absolute Gasteiger partial charge is 0.398 e. The average Bonchev–Trinajstić information content (AvgIpc) is 2.80. The summed E-state index contributed by atoms with van der Waals surface area (Å²) in [4.78, 5) is 7.31. The zero-order valence-electron chi connectivity index (χ0n) is 8.57. The third-order valence-corrected chi connectivity index (χ3v) is 3.38. The van der Waals surface area contributed by atoms with E-state index in [9.17, 15) is 8.42 Å². The Kier molecular flexibility index (Phi) is 3.02. The Morgan fingerprint density at radius 1 is 1.47 bits per heavy atom. The predicted molar refractivity (Wildman–Crippen MR) is 57.0 cm³/mol. The fourth-order valence-corrected chi connectivity index (χ4v) is 2.18. The zero-order chi connectivity index (χ0) is 12.3. The van der Waals surface area contributed by atoms with Crippen molar-refractivity contribution in [2.75, 3.05) is 5.73 Å². The molecule has 0 aliphatic carbocycles. The molecule has 0 aromatic carbocycles. The number of sulfonamides is 1. The summed E-state index contributed by atoms with van der Waals surface area (Å²) in [5, 5.41) is 3.48. The van der Waals surface area contributed by atoms with Crippen LogP contribution in [0.15, 0.2) is 34.3 Å². The van der Waals surface area contributed by atoms with E-state index in [1.165, 1.54) is 18.5 Å². The minimum atomic E-state index is -3.73. The predicted octanol–water partition coefficient (Wildman–Crippen LogP) is -0.475. The van der Waals surface area contributed by atoms with Gasteiger partial charge in [-0.25, -0.2) is 13.1 Å². The number of hydrogen-bond donors (Lipinski definition) is 2. The molecule has 0 bridgehead atoms. The van der Waals surface area contributed by atoms with E-state index < -0.39 is 10.0 Å². The molecule has 2 aromatic rings. The molecule has 0 unspecified atom stereocenters. The van der Waals surface area contributed by atoms with Gasteiger partial charge in [-0.05, 0) is 6.07 Å². The van der Waals surface area contributed by atoms with Crippen molar-refractivity contribution in [2.45, 2.75) is 11.4 Å². The molecule has 8 nitrogen and oxygen atoms in total. The quantitative estimate of drug-likeness (QED) is 0.756. The maximum absolute atomic E-state index is 11.8. The molecule has 3 N–H and O–H groups in total. The Labute approximate surface area is 96.9 Å². The van der Waals surface area contributed by atoms with Crippen LogP contribution < -0.4 is 10.5 Å². The van der Waals surface area contributed by atoms with Crippen LogP contribution in [0.4, 0.5) is 5.69 Å². The fraction of sp³-hybridized carbons (Fsp3) is 0.125. The highest BCUT2D eigenvalue weighted by Crippen LogP contribution is 2.15. The molecule has 0 radical (unpaired) electrons. The Hall–Kier alpha value is -2.00. The van der Waals surface area contributed by atoms with Crippen molar-refractivity contribution >= 4 is 15.7 Å². The molecule has 0 saturated heterocycles. The SMILES string of the molecule is Nc1ccncc1S(=O)(=O)NCc1ncon1. The second-order valence-electron chi connectivity index (χ2n) is 3.09. The van der Waals surface area contributed by atoms with Crippen molar-refractivity contribution in [1.29, 1.82) is 0 Å². The normalized spacial score (nSPS) is 11.5. The van der Waals surface area contributed by atoms with E-state index in [1.54, 1.807) is 0 Å². The number of aromatic nitrogens is 3. The molecular formula is C8H9N5O3S. The number of rotatable bonds is 4. The minimum Gasteiger partial charge on any atom is -0.398 e. The molecule has 0 aliphatic rings. The summed E-state index contributed by atoms with van der Waals surface area (Å²) in [6, 6.07) is 1.41. The Morgan fingerprint density at radius 2 is 2.29 bits per heavy atom. The molecule has 0 fully saturated rings. The number of nitrogens with zero attached hydrogens (tertiary/aromatic N) is 3. The van der Waals surface area contributed by atoms with E-state index in [-0.39, 0.29) is 23.0 Å². The summed E-state index contributed by atoms with van der Waals surface area (Å²) >= 11 is 0. The van der Waals surface area contributed by atoms with Crippen molar-refractivity contribution in [1.82, 2.24) is 19.8 Å². The molecule has 17 heavy (non-hydrogen) atoms. The van der Waals surface area contributed by atoms with Gasteiger partial charge in [-0.3, -0.25) is 4.98 Å². The van der Waals surface area contributed by atoms with E-state index in [0.29, 0.717) is 0 Å².